The molecule has 4 rings (SSSR count). The number of carbonyl (C=O) groups excluding carboxylic acids is 1. The van der Waals surface area contributed by atoms with Crippen molar-refractivity contribution in [2.24, 2.45) is 9.39 Å². The minimum atomic E-state index is -4.43. The molecule has 1 fully saturated rings. The summed E-state index contributed by atoms with van der Waals surface area (Å²) in [6.45, 7) is 2.64. The first-order chi connectivity index (χ1) is 13.6. The second kappa shape index (κ2) is 8.19. The van der Waals surface area contributed by atoms with E-state index in [0.717, 1.165) is 31.0 Å². The molecule has 1 N–H and O–H groups in total. The number of hydrogen-bond acceptors (Lipinski definition) is 7. The van der Waals surface area contributed by atoms with Crippen LogP contribution in [-0.4, -0.2) is 56.3 Å². The van der Waals surface area contributed by atoms with Crippen molar-refractivity contribution < 1.29 is 21.6 Å². The van der Waals surface area contributed by atoms with E-state index in [2.05, 4.69) is 9.39 Å². The lowest BCUT2D eigenvalue weighted by molar-refractivity contribution is 0.250. The third kappa shape index (κ3) is 4.13. The fourth-order valence-corrected chi connectivity index (χ4v) is 7.44. The molecule has 0 aromatic heterocycles. The van der Waals surface area contributed by atoms with Crippen molar-refractivity contribution in [2.75, 3.05) is 13.1 Å². The molecule has 0 bridgehead atoms. The fraction of sp³-hybridized carbons (Fsp3) is 0.400. The molecule has 0 atom stereocenters. The van der Waals surface area contributed by atoms with Gasteiger partial charge in [0, 0.05) is 23.0 Å². The van der Waals surface area contributed by atoms with E-state index in [0.29, 0.717) is 28.0 Å². The first kappa shape index (κ1) is 23.1. The van der Waals surface area contributed by atoms with Crippen LogP contribution in [0.15, 0.2) is 31.3 Å². The lowest BCUT2D eigenvalue weighted by atomic mass is 10.1. The first-order valence-corrected chi connectivity index (χ1v) is 12.7. The Morgan fingerprint density at radius 1 is 1.13 bits per heavy atom. The van der Waals surface area contributed by atoms with Gasteiger partial charge in [0.25, 0.3) is 10.0 Å². The highest BCUT2D eigenvalue weighted by Gasteiger charge is 2.43. The molecule has 10 nitrogen and oxygen atoms in total. The minimum Gasteiger partial charge on any atom is -0.341 e. The van der Waals surface area contributed by atoms with Gasteiger partial charge in [-0.3, -0.25) is 0 Å². The van der Waals surface area contributed by atoms with E-state index < -0.39 is 26.3 Å². The van der Waals surface area contributed by atoms with Gasteiger partial charge in [-0.2, -0.15) is 26.1 Å². The molecule has 1 saturated heterocycles. The molecule has 0 saturated carbocycles. The summed E-state index contributed by atoms with van der Waals surface area (Å²) >= 11 is 6.96. The van der Waals surface area contributed by atoms with Gasteiger partial charge in [-0.25, -0.2) is 9.52 Å². The second-order valence-corrected chi connectivity index (χ2v) is 11.1. The van der Waals surface area contributed by atoms with Crippen molar-refractivity contribution in [3.05, 3.63) is 22.7 Å². The van der Waals surface area contributed by atoms with Gasteiger partial charge in [-0.05, 0) is 55.6 Å². The molecule has 0 radical (unpaired) electrons. The molecule has 30 heavy (non-hydrogen) atoms. The number of sulfonamides is 1. The zero-order chi connectivity index (χ0) is 21.0. The number of benzene rings is 1. The Labute approximate surface area is 189 Å². The number of carbonyl (C=O) groups is 1. The smallest absolute Gasteiger partial charge is 0.341 e. The van der Waals surface area contributed by atoms with Gasteiger partial charge in [-0.1, -0.05) is 11.6 Å². The second-order valence-electron chi connectivity index (χ2n) is 6.64. The number of thioether (sulfide) groups is 1. The summed E-state index contributed by atoms with van der Waals surface area (Å²) in [5.74, 6) is -0.156. The van der Waals surface area contributed by atoms with Crippen molar-refractivity contribution in [2.45, 2.75) is 36.0 Å². The molecule has 164 valence electrons. The summed E-state index contributed by atoms with van der Waals surface area (Å²) in [7, 11) is -8.61. The normalized spacial score (nSPS) is 22.3. The predicted molar refractivity (Wildman–Crippen MR) is 116 cm³/mol. The highest BCUT2D eigenvalue weighted by Crippen LogP contribution is 2.39. The molecule has 0 unspecified atom stereocenters. The number of nitrogens with zero attached hydrogens (tertiary/aromatic N) is 4. The molecule has 3 aliphatic rings. The van der Waals surface area contributed by atoms with E-state index in [1.165, 1.54) is 12.1 Å². The van der Waals surface area contributed by atoms with Crippen molar-refractivity contribution in [1.29, 1.82) is 0 Å². The number of likely N-dealkylation sites (tertiary alicyclic amines) is 1. The Balaban J connectivity index is 0.00000256. The van der Waals surface area contributed by atoms with Crippen LogP contribution in [0, 0.1) is 6.92 Å². The Kier molecular flexibility index (Phi) is 6.31. The van der Waals surface area contributed by atoms with Crippen molar-refractivity contribution in [1.82, 2.24) is 13.9 Å². The molecular weight excluding hydrogens is 497 g/mol. The number of nitrogens with one attached hydrogen (secondary N) is 1. The van der Waals surface area contributed by atoms with Crippen molar-refractivity contribution in [3.63, 3.8) is 0 Å². The van der Waals surface area contributed by atoms with Gasteiger partial charge < -0.3 is 4.90 Å². The first-order valence-electron chi connectivity index (χ1n) is 8.62. The van der Waals surface area contributed by atoms with E-state index in [1.807, 2.05) is 0 Å². The number of piperidine rings is 1. The van der Waals surface area contributed by atoms with Crippen LogP contribution in [0.1, 0.15) is 24.8 Å². The van der Waals surface area contributed by atoms with E-state index in [9.17, 15) is 21.6 Å². The zero-order valence-electron chi connectivity index (χ0n) is 15.5. The number of aliphatic imine (C=N–C) groups is 1. The van der Waals surface area contributed by atoms with Crippen molar-refractivity contribution in [3.8, 4) is 0 Å². The molecular formula is C15H17Cl2N5O5S3. The summed E-state index contributed by atoms with van der Waals surface area (Å²) in [4.78, 5) is 17.5. The van der Waals surface area contributed by atoms with Crippen LogP contribution in [0.4, 0.5) is 4.79 Å². The van der Waals surface area contributed by atoms with Crippen molar-refractivity contribution >= 4 is 73.2 Å². The zero-order valence-corrected chi connectivity index (χ0v) is 19.6. The lowest BCUT2D eigenvalue weighted by Crippen LogP contribution is -2.58. The van der Waals surface area contributed by atoms with Crippen LogP contribution >= 0.6 is 35.8 Å². The van der Waals surface area contributed by atoms with E-state index in [-0.39, 0.29) is 33.3 Å². The highest BCUT2D eigenvalue weighted by molar-refractivity contribution is 8.16. The van der Waals surface area contributed by atoms with E-state index >= 15 is 0 Å². The van der Waals surface area contributed by atoms with Crippen LogP contribution in [-0.2, 0) is 20.2 Å². The van der Waals surface area contributed by atoms with E-state index in [1.54, 1.807) is 16.5 Å². The number of guanidine groups is 1. The number of amides is 2. The molecule has 3 aliphatic heterocycles. The third-order valence-electron chi connectivity index (χ3n) is 4.55. The maximum Gasteiger partial charge on any atom is 0.359 e. The van der Waals surface area contributed by atoms with Crippen LogP contribution < -0.4 is 4.72 Å². The molecule has 1 aromatic rings. The van der Waals surface area contributed by atoms with Gasteiger partial charge in [-0.15, -0.1) is 16.8 Å². The molecule has 1 aromatic carbocycles. The molecule has 15 heteroatoms. The number of urea groups is 1. The monoisotopic (exact) mass is 513 g/mol. The van der Waals surface area contributed by atoms with E-state index in [4.69, 9.17) is 11.6 Å². The topological polar surface area (TPSA) is 129 Å². The summed E-state index contributed by atoms with van der Waals surface area (Å²) in [5.41, 5.74) is 0.557. The average molecular weight is 514 g/mol. The lowest BCUT2D eigenvalue weighted by Gasteiger charge is -2.37. The standard InChI is InChI=1S/C15H16ClN5O5S3.ClH/c1-9-7-12-11(8-10(9)16)27-15(19-28(12,23)24)21-14(20-5-3-2-4-6-20)17-13(22)18-29(21,25)26;/h7-8H,2-6H2,1H3,(H,18,22);1H. The van der Waals surface area contributed by atoms with Gasteiger partial charge in [0.05, 0.1) is 0 Å². The Morgan fingerprint density at radius 3 is 2.47 bits per heavy atom. The minimum absolute atomic E-state index is 0. The van der Waals surface area contributed by atoms with Gasteiger partial charge in [0.15, 0.2) is 0 Å². The largest absolute Gasteiger partial charge is 0.359 e. The Hall–Kier alpha value is -1.54. The number of hydrogen-bond donors (Lipinski definition) is 1. The summed E-state index contributed by atoms with van der Waals surface area (Å²) in [6, 6.07) is 1.81. The van der Waals surface area contributed by atoms with Gasteiger partial charge >= 0.3 is 16.2 Å². The molecule has 0 spiro atoms. The number of rotatable bonds is 0. The van der Waals surface area contributed by atoms with Crippen LogP contribution in [0.3, 0.4) is 0 Å². The Morgan fingerprint density at radius 2 is 1.80 bits per heavy atom. The number of aryl methyl sites for hydroxylation is 1. The number of fused-ring (bicyclic) bond motifs is 1. The maximum atomic E-state index is 12.8. The third-order valence-corrected chi connectivity index (χ3v) is 8.89. The predicted octanol–water partition coefficient (Wildman–Crippen LogP) is 2.33. The summed E-state index contributed by atoms with van der Waals surface area (Å²) < 4.78 is 57.2. The molecule has 2 amide bonds. The quantitative estimate of drug-likeness (QED) is 0.563. The SMILES string of the molecule is Cc1cc2c(cc1Cl)SC(N1C(N3CCCCC3)=NC(=O)NS1(=O)=O)=NS2(=O)=O.Cl. The highest BCUT2D eigenvalue weighted by atomic mass is 35.5. The summed E-state index contributed by atoms with van der Waals surface area (Å²) in [5, 5.41) is -0.00540. The van der Waals surface area contributed by atoms with Gasteiger partial charge in [0.1, 0.15) is 4.90 Å². The molecule has 0 aliphatic carbocycles. The number of amidine groups is 1. The molecule has 3 heterocycles. The summed E-state index contributed by atoms with van der Waals surface area (Å²) in [6.07, 6.45) is 2.56. The Bertz CT molecular complexity index is 1180. The van der Waals surface area contributed by atoms with Crippen LogP contribution in [0.2, 0.25) is 5.02 Å². The maximum absolute atomic E-state index is 12.8. The van der Waals surface area contributed by atoms with Crippen LogP contribution in [0.25, 0.3) is 0 Å². The fourth-order valence-electron chi connectivity index (χ4n) is 3.17. The number of halogens is 2. The average Bonchev–Trinajstić information content (AvgIpc) is 2.62. The van der Waals surface area contributed by atoms with Gasteiger partial charge in [0.2, 0.25) is 11.1 Å². The van der Waals surface area contributed by atoms with Crippen LogP contribution in [0.5, 0.6) is 0 Å².